The smallest absolute Gasteiger partial charge is 0.245 e. The lowest BCUT2D eigenvalue weighted by Gasteiger charge is -2.41. The van der Waals surface area contributed by atoms with Crippen molar-refractivity contribution in [3.8, 4) is 17.0 Å². The van der Waals surface area contributed by atoms with E-state index < -0.39 is 6.04 Å². The number of hydrogen-bond acceptors (Lipinski definition) is 13. The molecule has 2 saturated heterocycles. The molecular formula is C55H80N10O6. The highest BCUT2D eigenvalue weighted by Gasteiger charge is 2.44. The van der Waals surface area contributed by atoms with E-state index in [0.717, 1.165) is 120 Å². The lowest BCUT2D eigenvalue weighted by molar-refractivity contribution is -0.140. The minimum Gasteiger partial charge on any atom is -0.491 e. The Labute approximate surface area is 421 Å². The molecule has 16 nitrogen and oxygen atoms in total. The highest BCUT2D eigenvalue weighted by atomic mass is 16.6. The quantitative estimate of drug-likeness (QED) is 0.0624. The fourth-order valence-corrected chi connectivity index (χ4v) is 11.0. The number of anilines is 2. The molecule has 2 aromatic heterocycles. The zero-order chi connectivity index (χ0) is 49.4. The number of carbonyl (C=O) groups excluding carboxylic acids is 2. The number of fused-ring (bicyclic) bond motifs is 1. The summed E-state index contributed by atoms with van der Waals surface area (Å²) in [6, 6.07) is 20.4. The maximum absolute atomic E-state index is 14.2. The van der Waals surface area contributed by atoms with Gasteiger partial charge in [0.25, 0.3) is 0 Å². The average molecular weight is 977 g/mol. The second-order valence-electron chi connectivity index (χ2n) is 20.3. The summed E-state index contributed by atoms with van der Waals surface area (Å²) in [7, 11) is 5.86. The van der Waals surface area contributed by atoms with Crippen LogP contribution in [0.15, 0.2) is 73.1 Å². The molecule has 2 amide bonds. The van der Waals surface area contributed by atoms with Crippen molar-refractivity contribution in [3.05, 3.63) is 84.2 Å². The van der Waals surface area contributed by atoms with Gasteiger partial charge in [0, 0.05) is 52.0 Å². The second-order valence-corrected chi connectivity index (χ2v) is 20.3. The average Bonchev–Trinajstić information content (AvgIpc) is 4.03. The van der Waals surface area contributed by atoms with Crippen molar-refractivity contribution < 1.29 is 28.5 Å². The van der Waals surface area contributed by atoms with Crippen LogP contribution in [0.5, 0.6) is 5.75 Å². The number of rotatable bonds is 25. The number of amides is 2. The minimum absolute atomic E-state index is 0.0871. The number of likely N-dealkylation sites (N-methyl/N-ethyl adjacent to an activating group) is 1. The molecule has 2 saturated carbocycles. The van der Waals surface area contributed by atoms with Gasteiger partial charge < -0.3 is 49.6 Å². The number of nitrogens with one attached hydrogen (secondary N) is 3. The van der Waals surface area contributed by atoms with Gasteiger partial charge in [-0.1, -0.05) is 61.7 Å². The summed E-state index contributed by atoms with van der Waals surface area (Å²) in [4.78, 5) is 43.4. The van der Waals surface area contributed by atoms with Gasteiger partial charge in [-0.2, -0.15) is 5.10 Å². The van der Waals surface area contributed by atoms with Crippen LogP contribution >= 0.6 is 0 Å². The van der Waals surface area contributed by atoms with E-state index in [9.17, 15) is 9.59 Å². The van der Waals surface area contributed by atoms with E-state index in [1.807, 2.05) is 62.4 Å². The van der Waals surface area contributed by atoms with Gasteiger partial charge in [0.05, 0.1) is 69.2 Å². The van der Waals surface area contributed by atoms with Crippen molar-refractivity contribution in [1.82, 2.24) is 40.2 Å². The number of piperidine rings is 1. The van der Waals surface area contributed by atoms with E-state index in [4.69, 9.17) is 29.0 Å². The fraction of sp³-hybridized carbons (Fsp3) is 0.618. The lowest BCUT2D eigenvalue weighted by Crippen LogP contribution is -2.58. The van der Waals surface area contributed by atoms with Crippen LogP contribution in [0.4, 0.5) is 11.8 Å². The first-order valence-corrected chi connectivity index (χ1v) is 26.6. The van der Waals surface area contributed by atoms with Gasteiger partial charge in [0.1, 0.15) is 24.2 Å². The number of benzene rings is 2. The van der Waals surface area contributed by atoms with Gasteiger partial charge >= 0.3 is 0 Å². The van der Waals surface area contributed by atoms with E-state index in [1.54, 1.807) is 7.05 Å². The van der Waals surface area contributed by atoms with Crippen LogP contribution in [0.3, 0.4) is 0 Å². The summed E-state index contributed by atoms with van der Waals surface area (Å²) in [6.07, 6.45) is 16.5. The van der Waals surface area contributed by atoms with E-state index in [-0.39, 0.29) is 35.9 Å². The van der Waals surface area contributed by atoms with Crippen LogP contribution in [0.2, 0.25) is 0 Å². The summed E-state index contributed by atoms with van der Waals surface area (Å²) in [5, 5.41) is 14.5. The van der Waals surface area contributed by atoms with Crippen molar-refractivity contribution in [1.29, 1.82) is 0 Å². The summed E-state index contributed by atoms with van der Waals surface area (Å²) >= 11 is 0. The third-order valence-corrected chi connectivity index (χ3v) is 15.2. The molecule has 0 bridgehead atoms. The van der Waals surface area contributed by atoms with Crippen molar-refractivity contribution in [3.63, 3.8) is 0 Å². The standard InChI is InChI=1S/C55H80N10O6/c1-40(56-2)52(66)61-51(44-13-9-6-10-14-44)54(67)64-30-26-43-25-29-63(39-50(43)64)28-24-41-15-19-46(20-16-41)70-35-33-68-31-32-69-34-36-71-47-21-17-45(18-22-47)59-55-57-27-23-49(60-55)48-37-58-65(53(48)62(3)4)38-42-11-7-5-8-12-42/h5,7-8,11-12,15-16,19-20,23,27,37,40,43-45,47,50-51,56H,6,9-10,13-14,17-18,21-22,24-26,28-36,38-39H2,1-4H3,(H,61,66)(H,57,59,60)/t40-,43-,45-,47-,50-,51?/m0/s1. The number of aromatic nitrogens is 4. The van der Waals surface area contributed by atoms with Crippen molar-refractivity contribution in [2.24, 2.45) is 11.8 Å². The first-order valence-electron chi connectivity index (χ1n) is 26.6. The Morgan fingerprint density at radius 1 is 0.817 bits per heavy atom. The molecule has 4 heterocycles. The molecule has 2 aliphatic heterocycles. The van der Waals surface area contributed by atoms with E-state index >= 15 is 0 Å². The van der Waals surface area contributed by atoms with Crippen LogP contribution in [0, 0.1) is 11.8 Å². The maximum atomic E-state index is 14.2. The zero-order valence-corrected chi connectivity index (χ0v) is 42.8. The number of nitrogens with zero attached hydrogens (tertiary/aromatic N) is 7. The van der Waals surface area contributed by atoms with Crippen LogP contribution < -0.4 is 25.6 Å². The SMILES string of the molecule is CN[C@@H](C)C(=O)NC(C(=O)N1CC[C@@H]2CCN(CCc3ccc(OCCOCCOCCO[C@H]4CC[C@H](Nc5nccc(-c6cnn(Cc7ccccc7)c6N(C)C)n5)CC4)cc3)C[C@@H]21)C1CCCCC1. The first kappa shape index (κ1) is 52.2. The predicted octanol–water partition coefficient (Wildman–Crippen LogP) is 6.44. The molecule has 4 aliphatic rings. The molecule has 4 aromatic rings. The van der Waals surface area contributed by atoms with Gasteiger partial charge in [0.15, 0.2) is 0 Å². The van der Waals surface area contributed by atoms with Crippen LogP contribution in [0.25, 0.3) is 11.3 Å². The van der Waals surface area contributed by atoms with Gasteiger partial charge in [-0.05, 0) is 119 Å². The fourth-order valence-electron chi connectivity index (χ4n) is 11.0. The van der Waals surface area contributed by atoms with Crippen LogP contribution in [-0.2, 0) is 36.8 Å². The number of hydrogen-bond donors (Lipinski definition) is 3. The Hall–Kier alpha value is -5.13. The summed E-state index contributed by atoms with van der Waals surface area (Å²) in [5.41, 5.74) is 4.29. The van der Waals surface area contributed by atoms with Gasteiger partial charge in [0.2, 0.25) is 17.8 Å². The third kappa shape index (κ3) is 14.7. The molecule has 2 aliphatic carbocycles. The van der Waals surface area contributed by atoms with Gasteiger partial charge in [-0.15, -0.1) is 0 Å². The molecule has 0 radical (unpaired) electrons. The largest absolute Gasteiger partial charge is 0.491 e. The van der Waals surface area contributed by atoms with E-state index in [0.29, 0.717) is 64.1 Å². The number of likely N-dealkylation sites (tertiary alicyclic amines) is 2. The molecule has 16 heteroatoms. The minimum atomic E-state index is -0.432. The lowest BCUT2D eigenvalue weighted by atomic mass is 9.83. The Balaban J connectivity index is 0.660. The van der Waals surface area contributed by atoms with Crippen molar-refractivity contribution >= 4 is 23.6 Å². The summed E-state index contributed by atoms with van der Waals surface area (Å²) in [5.74, 6) is 3.27. The molecule has 3 N–H and O–H groups in total. The Kier molecular flexibility index (Phi) is 19.5. The van der Waals surface area contributed by atoms with E-state index in [2.05, 4.69) is 72.0 Å². The highest BCUT2D eigenvalue weighted by molar-refractivity contribution is 5.90. The molecule has 0 spiro atoms. The molecular weight excluding hydrogens is 897 g/mol. The maximum Gasteiger partial charge on any atom is 0.245 e. The topological polar surface area (TPSA) is 160 Å². The van der Waals surface area contributed by atoms with Crippen molar-refractivity contribution in [2.75, 3.05) is 97.2 Å². The molecule has 1 unspecified atom stereocenters. The molecule has 8 rings (SSSR count). The Morgan fingerprint density at radius 2 is 1.55 bits per heavy atom. The summed E-state index contributed by atoms with van der Waals surface area (Å²) < 4.78 is 25.7. The number of carbonyl (C=O) groups is 2. The molecule has 71 heavy (non-hydrogen) atoms. The normalized spacial score (nSPS) is 21.6. The second kappa shape index (κ2) is 26.5. The molecule has 4 fully saturated rings. The highest BCUT2D eigenvalue weighted by Crippen LogP contribution is 2.35. The molecule has 4 atom stereocenters. The van der Waals surface area contributed by atoms with Crippen molar-refractivity contribution in [2.45, 2.75) is 121 Å². The Bertz CT molecular complexity index is 2230. The molecule has 386 valence electrons. The zero-order valence-electron chi connectivity index (χ0n) is 42.8. The van der Waals surface area contributed by atoms with Crippen LogP contribution in [-0.4, -0.2) is 159 Å². The third-order valence-electron chi connectivity index (χ3n) is 15.2. The van der Waals surface area contributed by atoms with E-state index in [1.165, 1.54) is 17.5 Å². The number of ether oxygens (including phenoxy) is 4. The van der Waals surface area contributed by atoms with Crippen LogP contribution in [0.1, 0.15) is 88.7 Å². The molecule has 2 aromatic carbocycles. The monoisotopic (exact) mass is 977 g/mol. The Morgan fingerprint density at radius 3 is 2.30 bits per heavy atom. The van der Waals surface area contributed by atoms with Gasteiger partial charge in [-0.3, -0.25) is 9.59 Å². The summed E-state index contributed by atoms with van der Waals surface area (Å²) in [6.45, 7) is 9.33. The van der Waals surface area contributed by atoms with Gasteiger partial charge in [-0.25, -0.2) is 14.6 Å². The first-order chi connectivity index (χ1) is 34.7. The predicted molar refractivity (Wildman–Crippen MR) is 278 cm³/mol.